The molecule has 0 spiro atoms. The molecule has 1 amide bonds. The number of anilines is 1. The molecule has 7 heteroatoms. The summed E-state index contributed by atoms with van der Waals surface area (Å²) in [5.74, 6) is -0.466. The highest BCUT2D eigenvalue weighted by molar-refractivity contribution is 7.89. The van der Waals surface area contributed by atoms with Crippen LogP contribution in [0.2, 0.25) is 0 Å². The molecule has 0 bridgehead atoms. The van der Waals surface area contributed by atoms with E-state index in [-0.39, 0.29) is 17.4 Å². The summed E-state index contributed by atoms with van der Waals surface area (Å²) in [5, 5.41) is 10.9. The lowest BCUT2D eigenvalue weighted by atomic mass is 10.3. The van der Waals surface area contributed by atoms with Crippen molar-refractivity contribution in [2.24, 2.45) is 0 Å². The highest BCUT2D eigenvalue weighted by Crippen LogP contribution is 2.23. The summed E-state index contributed by atoms with van der Waals surface area (Å²) in [7, 11) is -3.53. The van der Waals surface area contributed by atoms with Crippen LogP contribution in [0.15, 0.2) is 29.2 Å². The van der Waals surface area contributed by atoms with E-state index in [1.165, 1.54) is 12.1 Å². The first-order chi connectivity index (χ1) is 9.01. The number of benzene rings is 1. The molecule has 1 aliphatic carbocycles. The first-order valence-electron chi connectivity index (χ1n) is 5.80. The van der Waals surface area contributed by atoms with Crippen LogP contribution in [0, 0.1) is 11.3 Å². The Hall–Kier alpha value is -1.91. The third kappa shape index (κ3) is 3.77. The van der Waals surface area contributed by atoms with Crippen LogP contribution in [0.3, 0.4) is 0 Å². The van der Waals surface area contributed by atoms with Crippen molar-refractivity contribution in [3.05, 3.63) is 24.3 Å². The van der Waals surface area contributed by atoms with Gasteiger partial charge in [-0.25, -0.2) is 13.1 Å². The lowest BCUT2D eigenvalue weighted by Gasteiger charge is -2.08. The first kappa shape index (κ1) is 13.5. The van der Waals surface area contributed by atoms with Crippen molar-refractivity contribution >= 4 is 21.6 Å². The molecular formula is C12H13N3O3S. The zero-order valence-electron chi connectivity index (χ0n) is 10.1. The number of carbonyl (C=O) groups excluding carboxylic acids is 1. The van der Waals surface area contributed by atoms with Gasteiger partial charge in [0, 0.05) is 11.7 Å². The highest BCUT2D eigenvalue weighted by Gasteiger charge is 2.28. The Morgan fingerprint density at radius 2 is 2.16 bits per heavy atom. The Labute approximate surface area is 111 Å². The van der Waals surface area contributed by atoms with Gasteiger partial charge in [0.15, 0.2) is 0 Å². The summed E-state index contributed by atoms with van der Waals surface area (Å²) in [6.45, 7) is 0. The Balaban J connectivity index is 2.14. The average molecular weight is 279 g/mol. The van der Waals surface area contributed by atoms with E-state index < -0.39 is 15.9 Å². The molecule has 1 aliphatic rings. The average Bonchev–Trinajstić information content (AvgIpc) is 3.13. The molecule has 6 nitrogen and oxygen atoms in total. The van der Waals surface area contributed by atoms with Crippen molar-refractivity contribution in [1.82, 2.24) is 4.72 Å². The molecule has 100 valence electrons. The number of nitrogens with one attached hydrogen (secondary N) is 2. The molecule has 1 saturated carbocycles. The van der Waals surface area contributed by atoms with Crippen molar-refractivity contribution < 1.29 is 13.2 Å². The second kappa shape index (κ2) is 5.38. The van der Waals surface area contributed by atoms with Gasteiger partial charge in [0.1, 0.15) is 6.42 Å². The van der Waals surface area contributed by atoms with Gasteiger partial charge in [-0.05, 0) is 31.0 Å². The predicted octanol–water partition coefficient (Wildman–Crippen LogP) is 0.979. The molecule has 0 aromatic heterocycles. The largest absolute Gasteiger partial charge is 0.325 e. The summed E-state index contributed by atoms with van der Waals surface area (Å²) in [6.07, 6.45) is 1.45. The van der Waals surface area contributed by atoms with Gasteiger partial charge >= 0.3 is 0 Å². The van der Waals surface area contributed by atoms with Crippen LogP contribution in [0.5, 0.6) is 0 Å². The third-order valence-electron chi connectivity index (χ3n) is 2.57. The summed E-state index contributed by atoms with van der Waals surface area (Å²) in [5.41, 5.74) is 0.360. The minimum atomic E-state index is -3.53. The zero-order valence-corrected chi connectivity index (χ0v) is 10.9. The monoisotopic (exact) mass is 279 g/mol. The molecule has 1 fully saturated rings. The zero-order chi connectivity index (χ0) is 13.9. The van der Waals surface area contributed by atoms with Crippen LogP contribution in [0.4, 0.5) is 5.69 Å². The number of nitrogens with zero attached hydrogens (tertiary/aromatic N) is 1. The number of carbonyl (C=O) groups is 1. The first-order valence-corrected chi connectivity index (χ1v) is 7.29. The van der Waals surface area contributed by atoms with Crippen molar-refractivity contribution in [3.8, 4) is 6.07 Å². The topological polar surface area (TPSA) is 99.1 Å². The van der Waals surface area contributed by atoms with Crippen molar-refractivity contribution in [2.45, 2.75) is 30.2 Å². The maximum Gasteiger partial charge on any atom is 0.240 e. The number of nitriles is 1. The van der Waals surface area contributed by atoms with E-state index in [1.807, 2.05) is 0 Å². The minimum Gasteiger partial charge on any atom is -0.325 e. The van der Waals surface area contributed by atoms with E-state index in [4.69, 9.17) is 5.26 Å². The van der Waals surface area contributed by atoms with E-state index in [1.54, 1.807) is 18.2 Å². The number of hydrogen-bond donors (Lipinski definition) is 2. The van der Waals surface area contributed by atoms with Crippen molar-refractivity contribution in [2.75, 3.05) is 5.32 Å². The van der Waals surface area contributed by atoms with Crippen LogP contribution in [-0.4, -0.2) is 20.4 Å². The molecule has 1 aromatic rings. The molecule has 0 saturated heterocycles. The molecule has 2 N–H and O–H groups in total. The van der Waals surface area contributed by atoms with Crippen LogP contribution in [-0.2, 0) is 14.8 Å². The number of sulfonamides is 1. The summed E-state index contributed by atoms with van der Waals surface area (Å²) < 4.78 is 26.5. The van der Waals surface area contributed by atoms with Crippen LogP contribution in [0.25, 0.3) is 0 Å². The standard InChI is InChI=1S/C12H13N3O3S/c13-7-6-12(16)14-10-2-1-3-11(8-10)19(17,18)15-9-4-5-9/h1-3,8-9,15H,4-6H2,(H,14,16). The molecule has 2 rings (SSSR count). The summed E-state index contributed by atoms with van der Waals surface area (Å²) in [6, 6.07) is 7.71. The van der Waals surface area contributed by atoms with Gasteiger partial charge < -0.3 is 5.32 Å². The number of amides is 1. The molecule has 0 atom stereocenters. The minimum absolute atomic E-state index is 0.0295. The van der Waals surface area contributed by atoms with Crippen LogP contribution < -0.4 is 10.0 Å². The molecule has 0 heterocycles. The summed E-state index contributed by atoms with van der Waals surface area (Å²) in [4.78, 5) is 11.4. The van der Waals surface area contributed by atoms with E-state index in [2.05, 4.69) is 10.0 Å². The van der Waals surface area contributed by atoms with Gasteiger partial charge in [-0.1, -0.05) is 6.07 Å². The predicted molar refractivity (Wildman–Crippen MR) is 68.6 cm³/mol. The Morgan fingerprint density at radius 1 is 1.42 bits per heavy atom. The number of rotatable bonds is 5. The highest BCUT2D eigenvalue weighted by atomic mass is 32.2. The van der Waals surface area contributed by atoms with Gasteiger partial charge in [0.05, 0.1) is 11.0 Å². The van der Waals surface area contributed by atoms with E-state index in [0.717, 1.165) is 12.8 Å². The van der Waals surface area contributed by atoms with Gasteiger partial charge in [-0.2, -0.15) is 5.26 Å². The Morgan fingerprint density at radius 3 is 2.79 bits per heavy atom. The maximum absolute atomic E-state index is 12.0. The van der Waals surface area contributed by atoms with Crippen LogP contribution in [0.1, 0.15) is 19.3 Å². The third-order valence-corrected chi connectivity index (χ3v) is 4.09. The molecule has 0 aliphatic heterocycles. The molecule has 1 aromatic carbocycles. The Bertz CT molecular complexity index is 630. The van der Waals surface area contributed by atoms with Crippen molar-refractivity contribution in [1.29, 1.82) is 5.26 Å². The smallest absolute Gasteiger partial charge is 0.240 e. The fraction of sp³-hybridized carbons (Fsp3) is 0.333. The van der Waals surface area contributed by atoms with E-state index in [9.17, 15) is 13.2 Å². The molecular weight excluding hydrogens is 266 g/mol. The fourth-order valence-corrected chi connectivity index (χ4v) is 2.86. The second-order valence-corrected chi connectivity index (χ2v) is 6.02. The molecule has 19 heavy (non-hydrogen) atoms. The second-order valence-electron chi connectivity index (χ2n) is 4.31. The van der Waals surface area contributed by atoms with E-state index in [0.29, 0.717) is 5.69 Å². The van der Waals surface area contributed by atoms with Gasteiger partial charge in [0.25, 0.3) is 0 Å². The molecule has 0 radical (unpaired) electrons. The fourth-order valence-electron chi connectivity index (χ4n) is 1.51. The van der Waals surface area contributed by atoms with Crippen LogP contribution >= 0.6 is 0 Å². The quantitative estimate of drug-likeness (QED) is 0.839. The van der Waals surface area contributed by atoms with Gasteiger partial charge in [0.2, 0.25) is 15.9 Å². The number of hydrogen-bond acceptors (Lipinski definition) is 4. The van der Waals surface area contributed by atoms with Crippen molar-refractivity contribution in [3.63, 3.8) is 0 Å². The lowest BCUT2D eigenvalue weighted by molar-refractivity contribution is -0.115. The normalized spacial score (nSPS) is 14.7. The lowest BCUT2D eigenvalue weighted by Crippen LogP contribution is -2.25. The Kier molecular flexibility index (Phi) is 3.83. The summed E-state index contributed by atoms with van der Waals surface area (Å²) >= 11 is 0. The van der Waals surface area contributed by atoms with E-state index >= 15 is 0 Å². The van der Waals surface area contributed by atoms with Gasteiger partial charge in [-0.3, -0.25) is 4.79 Å². The SMILES string of the molecule is N#CCC(=O)Nc1cccc(S(=O)(=O)NC2CC2)c1. The van der Waals surface area contributed by atoms with Gasteiger partial charge in [-0.15, -0.1) is 0 Å². The molecule has 0 unspecified atom stereocenters. The maximum atomic E-state index is 12.0.